The first-order valence-corrected chi connectivity index (χ1v) is 7.72. The molecule has 0 aliphatic rings. The summed E-state index contributed by atoms with van der Waals surface area (Å²) in [6.07, 6.45) is -29.7. The maximum Gasteiger partial charge on any atom is 0.460 e. The molecule has 0 fully saturated rings. The average Bonchev–Trinajstić information content (AvgIpc) is 2.58. The molecule has 0 bridgehead atoms. The van der Waals surface area contributed by atoms with Crippen molar-refractivity contribution < 1.29 is 94.0 Å². The zero-order valence-electron chi connectivity index (χ0n) is 15.2. The van der Waals surface area contributed by atoms with Gasteiger partial charge in [-0.1, -0.05) is 0 Å². The number of aliphatic hydroxyl groups excluding tert-OH is 2. The first-order valence-electron chi connectivity index (χ1n) is 7.72. The van der Waals surface area contributed by atoms with Crippen molar-refractivity contribution >= 4 is 5.78 Å². The van der Waals surface area contributed by atoms with Crippen LogP contribution in [0.4, 0.5) is 79.0 Å². The largest absolute Gasteiger partial charge is 0.460 e. The Hall–Kier alpha value is -1.67. The number of halogens is 18. The van der Waals surface area contributed by atoms with Crippen LogP contribution in [0.2, 0.25) is 0 Å². The van der Waals surface area contributed by atoms with E-state index in [2.05, 4.69) is 0 Å². The summed E-state index contributed by atoms with van der Waals surface area (Å²) in [7, 11) is 0. The molecule has 0 saturated carbocycles. The molecule has 0 amide bonds. The molecule has 0 unspecified atom stereocenters. The molecule has 34 heavy (non-hydrogen) atoms. The lowest BCUT2D eigenvalue weighted by molar-refractivity contribution is -0.406. The molecular weight excluding hydrogens is 546 g/mol. The second kappa shape index (κ2) is 8.77. The number of carbonyl (C=O) groups is 1. The van der Waals surface area contributed by atoms with Crippen LogP contribution in [0.5, 0.6) is 0 Å². The van der Waals surface area contributed by atoms with Gasteiger partial charge in [0.15, 0.2) is 0 Å². The Kier molecular flexibility index (Phi) is 8.34. The number of aliphatic hydroxyl groups is 2. The van der Waals surface area contributed by atoms with E-state index in [1.165, 1.54) is 0 Å². The Morgan fingerprint density at radius 1 is 0.471 bits per heavy atom. The Labute approximate surface area is 174 Å². The van der Waals surface area contributed by atoms with E-state index in [-0.39, 0.29) is 0 Å². The number of Topliss-reactive ketones (excluding diaryl/α,β-unsaturated/α-hetero) is 1. The molecule has 0 heterocycles. The van der Waals surface area contributed by atoms with Crippen molar-refractivity contribution in [2.75, 3.05) is 0 Å². The third-order valence-electron chi connectivity index (χ3n) is 4.02. The molecule has 0 aliphatic heterocycles. The van der Waals surface area contributed by atoms with Crippen molar-refractivity contribution in [1.82, 2.24) is 0 Å². The normalized spacial score (nSPS) is 17.5. The van der Waals surface area contributed by atoms with Gasteiger partial charge in [-0.25, -0.2) is 0 Å². The van der Waals surface area contributed by atoms with E-state index in [0.29, 0.717) is 0 Å². The maximum atomic E-state index is 13.3. The summed E-state index contributed by atoms with van der Waals surface area (Å²) in [5.74, 6) is -46.8. The van der Waals surface area contributed by atoms with Crippen LogP contribution in [-0.2, 0) is 4.79 Å². The second-order valence-electron chi connectivity index (χ2n) is 6.52. The van der Waals surface area contributed by atoms with Crippen LogP contribution in [0.1, 0.15) is 12.8 Å². The summed E-state index contributed by atoms with van der Waals surface area (Å²) in [5.41, 5.74) is 0. The molecular formula is C13H8F18O3. The molecule has 0 aromatic heterocycles. The Morgan fingerprint density at radius 2 is 0.676 bits per heavy atom. The fourth-order valence-electron chi connectivity index (χ4n) is 1.96. The predicted molar refractivity (Wildman–Crippen MR) is 68.0 cm³/mol. The van der Waals surface area contributed by atoms with Gasteiger partial charge in [-0.3, -0.25) is 4.79 Å². The summed E-state index contributed by atoms with van der Waals surface area (Å²) in [5, 5.41) is 17.6. The monoisotopic (exact) mass is 554 g/mol. The number of carbonyl (C=O) groups excluding carboxylic acids is 1. The topological polar surface area (TPSA) is 57.5 Å². The summed E-state index contributed by atoms with van der Waals surface area (Å²) in [6.45, 7) is 0. The van der Waals surface area contributed by atoms with Crippen molar-refractivity contribution in [2.24, 2.45) is 0 Å². The highest BCUT2D eigenvalue weighted by Gasteiger charge is 2.84. The van der Waals surface area contributed by atoms with Gasteiger partial charge >= 0.3 is 47.9 Å². The number of hydrogen-bond acceptors (Lipinski definition) is 3. The molecule has 0 rings (SSSR count). The molecule has 204 valence electrons. The van der Waals surface area contributed by atoms with Gasteiger partial charge in [0, 0.05) is 12.8 Å². The summed E-state index contributed by atoms with van der Waals surface area (Å²) in [6, 6.07) is 0. The van der Waals surface area contributed by atoms with E-state index in [1.54, 1.807) is 0 Å². The highest BCUT2D eigenvalue weighted by Crippen LogP contribution is 2.56. The van der Waals surface area contributed by atoms with E-state index in [9.17, 15) is 83.8 Å². The number of ketones is 1. The van der Waals surface area contributed by atoms with Crippen LogP contribution in [0.15, 0.2) is 0 Å². The highest BCUT2D eigenvalue weighted by molar-refractivity contribution is 5.79. The van der Waals surface area contributed by atoms with Gasteiger partial charge in [0.1, 0.15) is 18.0 Å². The highest BCUT2D eigenvalue weighted by atomic mass is 19.4. The molecule has 0 saturated heterocycles. The Bertz CT molecular complexity index is 676. The molecule has 0 aliphatic carbocycles. The summed E-state index contributed by atoms with van der Waals surface area (Å²) >= 11 is 0. The maximum absolute atomic E-state index is 13.3. The van der Waals surface area contributed by atoms with Crippen molar-refractivity contribution in [1.29, 1.82) is 0 Å². The van der Waals surface area contributed by atoms with E-state index in [0.717, 1.165) is 0 Å². The van der Waals surface area contributed by atoms with Crippen LogP contribution in [0.3, 0.4) is 0 Å². The second-order valence-corrected chi connectivity index (χ2v) is 6.52. The molecule has 2 N–H and O–H groups in total. The van der Waals surface area contributed by atoms with E-state index in [4.69, 9.17) is 10.2 Å². The average molecular weight is 554 g/mol. The first-order chi connectivity index (χ1) is 14.4. The van der Waals surface area contributed by atoms with Crippen LogP contribution in [-0.4, -0.2) is 76.1 Å². The quantitative estimate of drug-likeness (QED) is 0.375. The smallest absolute Gasteiger partial charge is 0.386 e. The molecule has 0 aromatic carbocycles. The number of alkyl halides is 18. The van der Waals surface area contributed by atoms with Crippen molar-refractivity contribution in [3.8, 4) is 0 Å². The van der Waals surface area contributed by atoms with Gasteiger partial charge in [-0.05, 0) is 0 Å². The lowest BCUT2D eigenvalue weighted by Crippen LogP contribution is -2.65. The van der Waals surface area contributed by atoms with Gasteiger partial charge in [-0.15, -0.1) is 0 Å². The van der Waals surface area contributed by atoms with Crippen molar-refractivity contribution in [2.45, 2.75) is 72.9 Å². The summed E-state index contributed by atoms with van der Waals surface area (Å²) < 4.78 is 228. The van der Waals surface area contributed by atoms with Crippen LogP contribution in [0, 0.1) is 0 Å². The first kappa shape index (κ1) is 32.3. The van der Waals surface area contributed by atoms with Crippen molar-refractivity contribution in [3.63, 3.8) is 0 Å². The lowest BCUT2D eigenvalue weighted by Gasteiger charge is -2.36. The third-order valence-corrected chi connectivity index (χ3v) is 4.02. The van der Waals surface area contributed by atoms with E-state index >= 15 is 0 Å². The fourth-order valence-corrected chi connectivity index (χ4v) is 1.96. The lowest BCUT2D eigenvalue weighted by atomic mass is 9.92. The molecule has 3 nitrogen and oxygen atoms in total. The van der Waals surface area contributed by atoms with Gasteiger partial charge < -0.3 is 10.2 Å². The molecule has 2 atom stereocenters. The van der Waals surface area contributed by atoms with Crippen molar-refractivity contribution in [3.05, 3.63) is 0 Å². The minimum absolute atomic E-state index is 2.75. The molecule has 0 spiro atoms. The van der Waals surface area contributed by atoms with Gasteiger partial charge in [0.2, 0.25) is 0 Å². The molecule has 21 heteroatoms. The minimum Gasteiger partial charge on any atom is -0.386 e. The van der Waals surface area contributed by atoms with E-state index < -0.39 is 78.7 Å². The predicted octanol–water partition coefficient (Wildman–Crippen LogP) is 4.99. The van der Waals surface area contributed by atoms with E-state index in [1.807, 2.05) is 0 Å². The van der Waals surface area contributed by atoms with Crippen LogP contribution >= 0.6 is 0 Å². The fraction of sp³-hybridized carbons (Fsp3) is 0.923. The zero-order valence-corrected chi connectivity index (χ0v) is 15.2. The van der Waals surface area contributed by atoms with Gasteiger partial charge in [0.05, 0.1) is 0 Å². The van der Waals surface area contributed by atoms with Gasteiger partial charge in [0.25, 0.3) is 0 Å². The third kappa shape index (κ3) is 4.99. The van der Waals surface area contributed by atoms with Crippen LogP contribution < -0.4 is 0 Å². The Morgan fingerprint density at radius 3 is 0.853 bits per heavy atom. The standard InChI is InChI=1S/C13H8F18O3/c14-6(15,8(18,19)10(22,23)12(26,27)28)4(33)1-3(32)2-5(34)7(16,17)9(20,21)11(24,25)13(29,30)31/h4-5,33-34H,1-2H2/t4-,5-/m1/s1. The van der Waals surface area contributed by atoms with Crippen LogP contribution in [0.25, 0.3) is 0 Å². The SMILES string of the molecule is O=C(C[C@@H](O)C(F)(F)C(F)(F)C(F)(F)C(F)(F)F)C[C@@H](O)C(F)(F)C(F)(F)C(F)(F)C(F)(F)F. The molecule has 0 radical (unpaired) electrons. The number of hydrogen-bond donors (Lipinski definition) is 2. The van der Waals surface area contributed by atoms with Gasteiger partial charge in [-0.2, -0.15) is 79.0 Å². The number of rotatable bonds is 10. The minimum atomic E-state index is -7.58. The Balaban J connectivity index is 5.77. The zero-order chi connectivity index (χ0) is 28.1. The summed E-state index contributed by atoms with van der Waals surface area (Å²) in [4.78, 5) is 11.2. The molecule has 0 aromatic rings.